The van der Waals surface area contributed by atoms with E-state index in [1.807, 2.05) is 6.92 Å². The number of ether oxygens (including phenoxy) is 1. The Kier molecular flexibility index (Phi) is 2.62. The molecule has 56 valence electrons. The van der Waals surface area contributed by atoms with E-state index < -0.39 is 0 Å². The van der Waals surface area contributed by atoms with Gasteiger partial charge in [-0.2, -0.15) is 0 Å². The lowest BCUT2D eigenvalue weighted by molar-refractivity contribution is 0.313. The second-order valence-corrected chi connectivity index (χ2v) is 2.47. The zero-order chi connectivity index (χ0) is 7.40. The lowest BCUT2D eigenvalue weighted by atomic mass is 10.3. The number of hydrogen-bond donors (Lipinski definition) is 1. The third-order valence-corrected chi connectivity index (χ3v) is 1.48. The van der Waals surface area contributed by atoms with Crippen molar-refractivity contribution in [1.82, 2.24) is 5.43 Å². The highest BCUT2D eigenvalue weighted by molar-refractivity contribution is 7.80. The van der Waals surface area contributed by atoms with Crippen molar-refractivity contribution < 1.29 is 4.74 Å². The molecule has 0 atom stereocenters. The highest BCUT2D eigenvalue weighted by Gasteiger charge is 2.07. The van der Waals surface area contributed by atoms with Crippen molar-refractivity contribution in [3.05, 3.63) is 0 Å². The van der Waals surface area contributed by atoms with E-state index in [9.17, 15) is 0 Å². The number of nitrogens with zero attached hydrogens (tertiary/aromatic N) is 1. The molecule has 1 N–H and O–H groups in total. The summed E-state index contributed by atoms with van der Waals surface area (Å²) in [4.78, 5) is 0.795. The number of thiocarbonyl (C=S) groups is 1. The normalized spacial score (nSPS) is 17.7. The summed E-state index contributed by atoms with van der Waals surface area (Å²) < 4.78 is 5.16. The largest absolute Gasteiger partial charge is 0.480 e. The van der Waals surface area contributed by atoms with Crippen LogP contribution in [0.2, 0.25) is 0 Å². The molecule has 0 aromatic rings. The third kappa shape index (κ3) is 1.95. The van der Waals surface area contributed by atoms with Crippen molar-refractivity contribution in [3.8, 4) is 0 Å². The van der Waals surface area contributed by atoms with Crippen LogP contribution in [0.4, 0.5) is 0 Å². The summed E-state index contributed by atoms with van der Waals surface area (Å²) >= 11 is 4.87. The molecule has 0 radical (unpaired) electrons. The van der Waals surface area contributed by atoms with Crippen LogP contribution in [0.3, 0.4) is 0 Å². The zero-order valence-electron chi connectivity index (χ0n) is 5.89. The Morgan fingerprint density at radius 3 is 3.00 bits per heavy atom. The van der Waals surface area contributed by atoms with Crippen LogP contribution in [0.15, 0.2) is 5.10 Å². The Morgan fingerprint density at radius 2 is 2.50 bits per heavy atom. The first-order valence-electron chi connectivity index (χ1n) is 3.31. The lowest BCUT2D eigenvalue weighted by Gasteiger charge is -2.12. The molecule has 0 spiro atoms. The van der Waals surface area contributed by atoms with Crippen LogP contribution >= 0.6 is 12.2 Å². The summed E-state index contributed by atoms with van der Waals surface area (Å²) in [6.45, 7) is 2.61. The van der Waals surface area contributed by atoms with E-state index in [1.54, 1.807) is 0 Å². The van der Waals surface area contributed by atoms with Gasteiger partial charge < -0.3 is 4.74 Å². The molecule has 1 heterocycles. The van der Waals surface area contributed by atoms with E-state index in [0.29, 0.717) is 6.61 Å². The monoisotopic (exact) mass is 158 g/mol. The maximum atomic E-state index is 5.16. The fourth-order valence-electron chi connectivity index (χ4n) is 0.728. The smallest absolute Gasteiger partial charge is 0.206 e. The second kappa shape index (κ2) is 3.51. The number of rotatable bonds is 1. The van der Waals surface area contributed by atoms with Gasteiger partial charge in [0.2, 0.25) is 5.90 Å². The predicted octanol–water partition coefficient (Wildman–Crippen LogP) is 1.05. The summed E-state index contributed by atoms with van der Waals surface area (Å²) in [6.07, 6.45) is 1.69. The van der Waals surface area contributed by atoms with Gasteiger partial charge in [-0.05, 0) is 6.92 Å². The molecular formula is C6H10N2OS. The molecule has 0 unspecified atom stereocenters. The van der Waals surface area contributed by atoms with Gasteiger partial charge in [-0.3, -0.25) is 5.43 Å². The van der Waals surface area contributed by atoms with Crippen LogP contribution in [-0.2, 0) is 4.74 Å². The van der Waals surface area contributed by atoms with E-state index in [4.69, 9.17) is 17.0 Å². The van der Waals surface area contributed by atoms with Crippen LogP contribution in [0.5, 0.6) is 0 Å². The molecule has 0 aromatic carbocycles. The Balaban J connectivity index is 2.40. The van der Waals surface area contributed by atoms with Gasteiger partial charge in [0, 0.05) is 12.8 Å². The van der Waals surface area contributed by atoms with Crippen molar-refractivity contribution in [1.29, 1.82) is 0 Å². The molecule has 4 heteroatoms. The van der Waals surface area contributed by atoms with Gasteiger partial charge in [-0.15, -0.1) is 5.10 Å². The van der Waals surface area contributed by atoms with E-state index in [2.05, 4.69) is 10.5 Å². The highest BCUT2D eigenvalue weighted by Crippen LogP contribution is 2.01. The Bertz CT molecular complexity index is 167. The van der Waals surface area contributed by atoms with Gasteiger partial charge in [0.1, 0.15) is 0 Å². The Morgan fingerprint density at radius 1 is 1.70 bits per heavy atom. The SMILES string of the molecule is CCOC1=NNC(=S)CC1. The first kappa shape index (κ1) is 7.47. The van der Waals surface area contributed by atoms with Crippen molar-refractivity contribution in [2.45, 2.75) is 19.8 Å². The fraction of sp³-hybridized carbons (Fsp3) is 0.667. The molecule has 0 aromatic heterocycles. The van der Waals surface area contributed by atoms with E-state index in [-0.39, 0.29) is 0 Å². The Labute approximate surface area is 65.4 Å². The minimum Gasteiger partial charge on any atom is -0.480 e. The Hall–Kier alpha value is -0.640. The predicted molar refractivity (Wildman–Crippen MR) is 44.0 cm³/mol. The van der Waals surface area contributed by atoms with E-state index in [0.717, 1.165) is 23.7 Å². The minimum absolute atomic E-state index is 0.674. The van der Waals surface area contributed by atoms with Gasteiger partial charge in [0.25, 0.3) is 0 Å². The molecule has 1 aliphatic rings. The number of hydrogen-bond acceptors (Lipinski definition) is 3. The molecule has 0 bridgehead atoms. The van der Waals surface area contributed by atoms with Gasteiger partial charge in [0.05, 0.1) is 11.6 Å². The van der Waals surface area contributed by atoms with Crippen LogP contribution in [0, 0.1) is 0 Å². The van der Waals surface area contributed by atoms with Gasteiger partial charge >= 0.3 is 0 Å². The average Bonchev–Trinajstić information content (AvgIpc) is 1.95. The third-order valence-electron chi connectivity index (χ3n) is 1.18. The fourth-order valence-corrected chi connectivity index (χ4v) is 0.876. The molecule has 0 aliphatic carbocycles. The first-order valence-corrected chi connectivity index (χ1v) is 3.72. The van der Waals surface area contributed by atoms with E-state index >= 15 is 0 Å². The molecule has 1 aliphatic heterocycles. The summed E-state index contributed by atoms with van der Waals surface area (Å²) in [6, 6.07) is 0. The molecule has 0 saturated carbocycles. The lowest BCUT2D eigenvalue weighted by Crippen LogP contribution is -2.25. The summed E-state index contributed by atoms with van der Waals surface area (Å²) in [5, 5.41) is 3.90. The van der Waals surface area contributed by atoms with Crippen LogP contribution in [-0.4, -0.2) is 17.5 Å². The van der Waals surface area contributed by atoms with Crippen molar-refractivity contribution in [3.63, 3.8) is 0 Å². The van der Waals surface area contributed by atoms with Crippen molar-refractivity contribution >= 4 is 23.1 Å². The molecule has 0 saturated heterocycles. The van der Waals surface area contributed by atoms with E-state index in [1.165, 1.54) is 0 Å². The quantitative estimate of drug-likeness (QED) is 0.579. The van der Waals surface area contributed by atoms with Crippen molar-refractivity contribution in [2.75, 3.05) is 6.61 Å². The molecule has 0 fully saturated rings. The van der Waals surface area contributed by atoms with Crippen LogP contribution in [0.25, 0.3) is 0 Å². The molecule has 1 rings (SSSR count). The first-order chi connectivity index (χ1) is 4.83. The molecular weight excluding hydrogens is 148 g/mol. The highest BCUT2D eigenvalue weighted by atomic mass is 32.1. The second-order valence-electron chi connectivity index (χ2n) is 1.97. The van der Waals surface area contributed by atoms with Crippen LogP contribution < -0.4 is 5.43 Å². The maximum Gasteiger partial charge on any atom is 0.206 e. The molecule has 0 amide bonds. The van der Waals surface area contributed by atoms with Crippen LogP contribution in [0.1, 0.15) is 19.8 Å². The summed E-state index contributed by atoms with van der Waals surface area (Å²) in [7, 11) is 0. The zero-order valence-corrected chi connectivity index (χ0v) is 6.70. The maximum absolute atomic E-state index is 5.16. The summed E-state index contributed by atoms with van der Waals surface area (Å²) in [5.41, 5.74) is 2.71. The minimum atomic E-state index is 0.674. The average molecular weight is 158 g/mol. The topological polar surface area (TPSA) is 33.6 Å². The standard InChI is InChI=1S/C6H10N2OS/c1-2-9-5-3-4-6(10)8-7-5/h2-4H2,1H3,(H,8,10). The van der Waals surface area contributed by atoms with Gasteiger partial charge in [-0.25, -0.2) is 0 Å². The van der Waals surface area contributed by atoms with Gasteiger partial charge in [0.15, 0.2) is 0 Å². The number of hydrazone groups is 1. The number of nitrogens with one attached hydrogen (secondary N) is 1. The van der Waals surface area contributed by atoms with Gasteiger partial charge in [-0.1, -0.05) is 12.2 Å². The summed E-state index contributed by atoms with van der Waals surface area (Å²) in [5.74, 6) is 0.760. The molecule has 3 nitrogen and oxygen atoms in total. The van der Waals surface area contributed by atoms with Crippen molar-refractivity contribution in [2.24, 2.45) is 5.10 Å². The molecule has 10 heavy (non-hydrogen) atoms.